The predicted octanol–water partition coefficient (Wildman–Crippen LogP) is 4.73. The molecule has 0 radical (unpaired) electrons. The van der Waals surface area contributed by atoms with Crippen molar-refractivity contribution in [2.24, 2.45) is 5.92 Å². The summed E-state index contributed by atoms with van der Waals surface area (Å²) in [6.07, 6.45) is 0. The van der Waals surface area contributed by atoms with Gasteiger partial charge < -0.3 is 14.8 Å². The number of rotatable bonds is 9. The molecule has 0 aliphatic rings. The van der Waals surface area contributed by atoms with Crippen LogP contribution in [0, 0.1) is 23.0 Å². The van der Waals surface area contributed by atoms with Gasteiger partial charge in [-0.3, -0.25) is 14.9 Å². The SMILES string of the molecule is CCOc1ccc(C(=O)Nc2cccc([N+](=O)[O-])c2C)cc1COCC(C)C. The Morgan fingerprint density at radius 1 is 1.25 bits per heavy atom. The summed E-state index contributed by atoms with van der Waals surface area (Å²) in [5.41, 5.74) is 1.99. The lowest BCUT2D eigenvalue weighted by Gasteiger charge is -2.14. The Bertz CT molecular complexity index is 849. The van der Waals surface area contributed by atoms with E-state index in [2.05, 4.69) is 19.2 Å². The van der Waals surface area contributed by atoms with Gasteiger partial charge in [-0.25, -0.2) is 0 Å². The number of anilines is 1. The fourth-order valence-electron chi connectivity index (χ4n) is 2.69. The highest BCUT2D eigenvalue weighted by molar-refractivity contribution is 6.05. The normalized spacial score (nSPS) is 10.8. The van der Waals surface area contributed by atoms with E-state index in [-0.39, 0.29) is 11.6 Å². The molecule has 0 aliphatic carbocycles. The van der Waals surface area contributed by atoms with Crippen LogP contribution in [-0.4, -0.2) is 24.0 Å². The average molecular weight is 386 g/mol. The molecule has 1 N–H and O–H groups in total. The monoisotopic (exact) mass is 386 g/mol. The van der Waals surface area contributed by atoms with E-state index in [4.69, 9.17) is 9.47 Å². The molecule has 2 aromatic carbocycles. The van der Waals surface area contributed by atoms with Crippen LogP contribution in [0.3, 0.4) is 0 Å². The second kappa shape index (κ2) is 9.85. The van der Waals surface area contributed by atoms with Crippen LogP contribution in [0.4, 0.5) is 11.4 Å². The Hall–Kier alpha value is -2.93. The molecule has 7 heteroatoms. The summed E-state index contributed by atoms with van der Waals surface area (Å²) in [6, 6.07) is 9.73. The van der Waals surface area contributed by atoms with E-state index in [0.717, 1.165) is 5.56 Å². The summed E-state index contributed by atoms with van der Waals surface area (Å²) >= 11 is 0. The van der Waals surface area contributed by atoms with Crippen LogP contribution in [0.2, 0.25) is 0 Å². The third-order valence-corrected chi connectivity index (χ3v) is 4.08. The van der Waals surface area contributed by atoms with Gasteiger partial charge in [-0.2, -0.15) is 0 Å². The first-order chi connectivity index (χ1) is 13.3. The molecule has 1 amide bonds. The van der Waals surface area contributed by atoms with Crippen molar-refractivity contribution in [2.45, 2.75) is 34.3 Å². The molecule has 0 aliphatic heterocycles. The van der Waals surface area contributed by atoms with Crippen LogP contribution < -0.4 is 10.1 Å². The van der Waals surface area contributed by atoms with Gasteiger partial charge in [0.2, 0.25) is 0 Å². The van der Waals surface area contributed by atoms with Gasteiger partial charge in [-0.05, 0) is 44.0 Å². The predicted molar refractivity (Wildman–Crippen MR) is 108 cm³/mol. The summed E-state index contributed by atoms with van der Waals surface area (Å²) in [4.78, 5) is 23.3. The van der Waals surface area contributed by atoms with Crippen molar-refractivity contribution in [1.29, 1.82) is 0 Å². The van der Waals surface area contributed by atoms with Gasteiger partial charge in [0.25, 0.3) is 11.6 Å². The van der Waals surface area contributed by atoms with E-state index in [1.165, 1.54) is 6.07 Å². The van der Waals surface area contributed by atoms with Crippen LogP contribution in [0.15, 0.2) is 36.4 Å². The van der Waals surface area contributed by atoms with Gasteiger partial charge >= 0.3 is 0 Å². The smallest absolute Gasteiger partial charge is 0.274 e. The maximum absolute atomic E-state index is 12.7. The molecule has 2 rings (SSSR count). The number of ether oxygens (including phenoxy) is 2. The van der Waals surface area contributed by atoms with Crippen molar-refractivity contribution in [3.05, 3.63) is 63.2 Å². The molecular weight excluding hydrogens is 360 g/mol. The number of hydrogen-bond donors (Lipinski definition) is 1. The molecular formula is C21H26N2O5. The fraction of sp³-hybridized carbons (Fsp3) is 0.381. The Labute approximate surface area is 164 Å². The molecule has 0 unspecified atom stereocenters. The number of nitrogens with zero attached hydrogens (tertiary/aromatic N) is 1. The van der Waals surface area contributed by atoms with Crippen molar-refractivity contribution >= 4 is 17.3 Å². The van der Waals surface area contributed by atoms with Gasteiger partial charge in [0.15, 0.2) is 0 Å². The van der Waals surface area contributed by atoms with Crippen molar-refractivity contribution in [3.63, 3.8) is 0 Å². The van der Waals surface area contributed by atoms with E-state index >= 15 is 0 Å². The Balaban J connectivity index is 2.23. The minimum Gasteiger partial charge on any atom is -0.494 e. The third-order valence-electron chi connectivity index (χ3n) is 4.08. The first kappa shape index (κ1) is 21.4. The zero-order chi connectivity index (χ0) is 20.7. The number of carbonyl (C=O) groups excluding carboxylic acids is 1. The summed E-state index contributed by atoms with van der Waals surface area (Å²) in [5.74, 6) is 0.727. The Kier molecular flexibility index (Phi) is 7.52. The van der Waals surface area contributed by atoms with Crippen LogP contribution in [-0.2, 0) is 11.3 Å². The van der Waals surface area contributed by atoms with Crippen LogP contribution >= 0.6 is 0 Å². The van der Waals surface area contributed by atoms with Gasteiger partial charge in [0.1, 0.15) is 5.75 Å². The second-order valence-corrected chi connectivity index (χ2v) is 6.83. The number of carbonyl (C=O) groups is 1. The number of nitro benzene ring substituents is 1. The first-order valence-corrected chi connectivity index (χ1v) is 9.22. The van der Waals surface area contributed by atoms with Crippen LogP contribution in [0.1, 0.15) is 42.3 Å². The summed E-state index contributed by atoms with van der Waals surface area (Å²) in [7, 11) is 0. The van der Waals surface area contributed by atoms with Gasteiger partial charge in [0.05, 0.1) is 29.4 Å². The quantitative estimate of drug-likeness (QED) is 0.497. The highest BCUT2D eigenvalue weighted by Crippen LogP contribution is 2.26. The molecule has 0 bridgehead atoms. The van der Waals surface area contributed by atoms with Gasteiger partial charge in [-0.15, -0.1) is 0 Å². The van der Waals surface area contributed by atoms with E-state index in [9.17, 15) is 14.9 Å². The zero-order valence-corrected chi connectivity index (χ0v) is 16.7. The van der Waals surface area contributed by atoms with Crippen LogP contribution in [0.25, 0.3) is 0 Å². The number of nitrogens with one attached hydrogen (secondary N) is 1. The van der Waals surface area contributed by atoms with E-state index in [1.54, 1.807) is 37.3 Å². The lowest BCUT2D eigenvalue weighted by molar-refractivity contribution is -0.385. The number of hydrogen-bond acceptors (Lipinski definition) is 5. The van der Waals surface area contributed by atoms with Crippen molar-refractivity contribution < 1.29 is 19.2 Å². The lowest BCUT2D eigenvalue weighted by atomic mass is 10.1. The molecule has 0 atom stereocenters. The van der Waals surface area contributed by atoms with Crippen molar-refractivity contribution in [3.8, 4) is 5.75 Å². The minimum atomic E-state index is -0.466. The molecule has 2 aromatic rings. The molecule has 28 heavy (non-hydrogen) atoms. The number of amides is 1. The maximum Gasteiger partial charge on any atom is 0.274 e. The molecule has 0 saturated heterocycles. The van der Waals surface area contributed by atoms with Crippen LogP contribution in [0.5, 0.6) is 5.75 Å². The highest BCUT2D eigenvalue weighted by Gasteiger charge is 2.16. The Morgan fingerprint density at radius 2 is 2.00 bits per heavy atom. The fourth-order valence-corrected chi connectivity index (χ4v) is 2.69. The summed E-state index contributed by atoms with van der Waals surface area (Å²) < 4.78 is 11.3. The second-order valence-electron chi connectivity index (χ2n) is 6.83. The van der Waals surface area contributed by atoms with Crippen molar-refractivity contribution in [1.82, 2.24) is 0 Å². The first-order valence-electron chi connectivity index (χ1n) is 9.22. The van der Waals surface area contributed by atoms with E-state index in [0.29, 0.717) is 48.3 Å². The molecule has 150 valence electrons. The summed E-state index contributed by atoms with van der Waals surface area (Å²) in [5, 5.41) is 13.8. The van der Waals surface area contributed by atoms with E-state index < -0.39 is 4.92 Å². The average Bonchev–Trinajstić information content (AvgIpc) is 2.64. The maximum atomic E-state index is 12.7. The molecule has 0 heterocycles. The number of nitro groups is 1. The molecule has 7 nitrogen and oxygen atoms in total. The molecule has 0 spiro atoms. The Morgan fingerprint density at radius 3 is 2.64 bits per heavy atom. The van der Waals surface area contributed by atoms with Crippen molar-refractivity contribution in [2.75, 3.05) is 18.5 Å². The standard InChI is InChI=1S/C21H26N2O5/c1-5-28-20-10-9-16(11-17(20)13-27-12-14(2)3)21(24)22-18-7-6-8-19(15(18)4)23(25)26/h6-11,14H,5,12-13H2,1-4H3,(H,22,24). The van der Waals surface area contributed by atoms with Gasteiger partial charge in [-0.1, -0.05) is 19.9 Å². The highest BCUT2D eigenvalue weighted by atomic mass is 16.6. The molecule has 0 saturated carbocycles. The largest absolute Gasteiger partial charge is 0.494 e. The number of benzene rings is 2. The third kappa shape index (κ3) is 5.53. The topological polar surface area (TPSA) is 90.7 Å². The molecule has 0 aromatic heterocycles. The van der Waals surface area contributed by atoms with Gasteiger partial charge in [0, 0.05) is 23.8 Å². The molecule has 0 fully saturated rings. The lowest BCUT2D eigenvalue weighted by Crippen LogP contribution is -2.14. The van der Waals surface area contributed by atoms with E-state index in [1.807, 2.05) is 6.92 Å². The minimum absolute atomic E-state index is 0.0349. The zero-order valence-electron chi connectivity index (χ0n) is 16.7. The summed E-state index contributed by atoms with van der Waals surface area (Å²) in [6.45, 7) is 9.08.